The van der Waals surface area contributed by atoms with Gasteiger partial charge in [-0.1, -0.05) is 48.5 Å². The number of carbonyl (C=O) groups excluding carboxylic acids is 1. The van der Waals surface area contributed by atoms with Crippen LogP contribution in [0.1, 0.15) is 19.4 Å². The Hall–Kier alpha value is -3.06. The Morgan fingerprint density at radius 1 is 1.00 bits per heavy atom. The Kier molecular flexibility index (Phi) is 7.89. The third-order valence-corrected chi connectivity index (χ3v) is 5.47. The monoisotopic (exact) mass is 423 g/mol. The van der Waals surface area contributed by atoms with Gasteiger partial charge in [-0.25, -0.2) is 4.99 Å². The molecule has 7 heteroatoms. The predicted octanol–water partition coefficient (Wildman–Crippen LogP) is 1.80. The Labute approximate surface area is 184 Å². The second kappa shape index (κ2) is 10.8. The number of anilines is 1. The van der Waals surface area contributed by atoms with Gasteiger partial charge in [-0.05, 0) is 31.5 Å². The van der Waals surface area contributed by atoms with Crippen LogP contribution < -0.4 is 15.5 Å². The highest BCUT2D eigenvalue weighted by Gasteiger charge is 2.24. The van der Waals surface area contributed by atoms with Crippen LogP contribution in [0.25, 0.3) is 0 Å². The summed E-state index contributed by atoms with van der Waals surface area (Å²) in [6.45, 7) is 7.78. The van der Waals surface area contributed by atoms with E-state index >= 15 is 0 Å². The summed E-state index contributed by atoms with van der Waals surface area (Å²) in [5.74, 6) is 0.537. The molecule has 1 aliphatic heterocycles. The molecule has 0 saturated carbocycles. The first-order valence-electron chi connectivity index (χ1n) is 10.9. The molecule has 2 aromatic carbocycles. The molecule has 1 saturated heterocycles. The number of piperazine rings is 1. The minimum absolute atomic E-state index is 0.0136. The van der Waals surface area contributed by atoms with E-state index in [1.807, 2.05) is 60.4 Å². The van der Waals surface area contributed by atoms with Crippen LogP contribution in [0.3, 0.4) is 0 Å². The van der Waals surface area contributed by atoms with Crippen molar-refractivity contribution in [2.45, 2.75) is 19.4 Å². The largest absolute Gasteiger partial charge is 0.384 e. The van der Waals surface area contributed by atoms with Crippen molar-refractivity contribution in [3.8, 4) is 0 Å². The van der Waals surface area contributed by atoms with E-state index < -0.39 is 5.60 Å². The lowest BCUT2D eigenvalue weighted by Crippen LogP contribution is -2.50. The van der Waals surface area contributed by atoms with Gasteiger partial charge < -0.3 is 25.5 Å². The van der Waals surface area contributed by atoms with Crippen LogP contribution in [0.4, 0.5) is 5.69 Å². The van der Waals surface area contributed by atoms with Crippen molar-refractivity contribution >= 4 is 17.6 Å². The average Bonchev–Trinajstić information content (AvgIpc) is 2.82. The summed E-state index contributed by atoms with van der Waals surface area (Å²) in [6, 6.07) is 19.8. The standard InChI is InChI=1S/C24H33N5O2/c1-3-25-23(27-19-24(2,31)20-10-6-4-7-11-20)26-18-22(30)29-16-14-28(15-17-29)21-12-8-5-9-13-21/h4-13,31H,3,14-19H2,1-2H3,(H2,25,26,27). The summed E-state index contributed by atoms with van der Waals surface area (Å²) in [6.07, 6.45) is 0. The highest BCUT2D eigenvalue weighted by molar-refractivity contribution is 5.85. The van der Waals surface area contributed by atoms with Crippen LogP contribution in [-0.4, -0.2) is 67.7 Å². The molecule has 31 heavy (non-hydrogen) atoms. The van der Waals surface area contributed by atoms with Crippen molar-refractivity contribution in [2.24, 2.45) is 4.99 Å². The van der Waals surface area contributed by atoms with E-state index in [-0.39, 0.29) is 19.0 Å². The predicted molar refractivity (Wildman–Crippen MR) is 125 cm³/mol. The SMILES string of the molecule is CCNC(=NCC(=O)N1CCN(c2ccccc2)CC1)NCC(C)(O)c1ccccc1. The Balaban J connectivity index is 1.51. The molecule has 3 N–H and O–H groups in total. The third-order valence-electron chi connectivity index (χ3n) is 5.47. The first-order chi connectivity index (χ1) is 15.0. The summed E-state index contributed by atoms with van der Waals surface area (Å²) in [5, 5.41) is 17.1. The van der Waals surface area contributed by atoms with E-state index in [4.69, 9.17) is 0 Å². The molecular weight excluding hydrogens is 390 g/mol. The van der Waals surface area contributed by atoms with E-state index in [1.165, 1.54) is 5.69 Å². The number of benzene rings is 2. The highest BCUT2D eigenvalue weighted by Crippen LogP contribution is 2.19. The third kappa shape index (κ3) is 6.46. The van der Waals surface area contributed by atoms with Crippen LogP contribution in [0.15, 0.2) is 65.7 Å². The number of nitrogens with one attached hydrogen (secondary N) is 2. The summed E-state index contributed by atoms with van der Waals surface area (Å²) in [5.41, 5.74) is 0.970. The number of rotatable bonds is 7. The number of guanidine groups is 1. The Bertz CT molecular complexity index is 847. The lowest BCUT2D eigenvalue weighted by molar-refractivity contribution is -0.129. The summed E-state index contributed by atoms with van der Waals surface area (Å²) in [4.78, 5) is 21.3. The molecule has 0 aromatic heterocycles. The van der Waals surface area contributed by atoms with Crippen LogP contribution in [0, 0.1) is 0 Å². The van der Waals surface area contributed by atoms with E-state index in [0.717, 1.165) is 18.7 Å². The Morgan fingerprint density at radius 2 is 1.61 bits per heavy atom. The molecule has 0 bridgehead atoms. The average molecular weight is 424 g/mol. The molecule has 3 rings (SSSR count). The second-order valence-corrected chi connectivity index (χ2v) is 7.89. The lowest BCUT2D eigenvalue weighted by atomic mass is 9.96. The van der Waals surface area contributed by atoms with Gasteiger partial charge in [-0.2, -0.15) is 0 Å². The quantitative estimate of drug-likeness (QED) is 0.467. The smallest absolute Gasteiger partial charge is 0.244 e. The molecule has 1 atom stereocenters. The molecule has 0 radical (unpaired) electrons. The molecule has 1 unspecified atom stereocenters. The van der Waals surface area contributed by atoms with Gasteiger partial charge >= 0.3 is 0 Å². The van der Waals surface area contributed by atoms with E-state index in [9.17, 15) is 9.90 Å². The first-order valence-corrected chi connectivity index (χ1v) is 10.9. The normalized spacial score (nSPS) is 16.5. The molecule has 1 fully saturated rings. The number of para-hydroxylation sites is 1. The maximum atomic E-state index is 12.7. The molecular formula is C24H33N5O2. The van der Waals surface area contributed by atoms with E-state index in [0.29, 0.717) is 25.6 Å². The topological polar surface area (TPSA) is 80.2 Å². The summed E-state index contributed by atoms with van der Waals surface area (Å²) < 4.78 is 0. The molecule has 1 amide bonds. The summed E-state index contributed by atoms with van der Waals surface area (Å²) in [7, 11) is 0. The molecule has 0 spiro atoms. The fourth-order valence-electron chi connectivity index (χ4n) is 3.60. The molecule has 7 nitrogen and oxygen atoms in total. The number of carbonyl (C=O) groups is 1. The number of nitrogens with zero attached hydrogens (tertiary/aromatic N) is 3. The van der Waals surface area contributed by atoms with Gasteiger partial charge in [0.2, 0.25) is 5.91 Å². The molecule has 166 valence electrons. The maximum absolute atomic E-state index is 12.7. The minimum atomic E-state index is -1.05. The van der Waals surface area contributed by atoms with Crippen molar-refractivity contribution in [2.75, 3.05) is 50.7 Å². The van der Waals surface area contributed by atoms with Crippen LogP contribution in [-0.2, 0) is 10.4 Å². The van der Waals surface area contributed by atoms with Crippen molar-refractivity contribution in [3.05, 3.63) is 66.2 Å². The van der Waals surface area contributed by atoms with Crippen LogP contribution in [0.2, 0.25) is 0 Å². The van der Waals surface area contributed by atoms with Crippen LogP contribution in [0.5, 0.6) is 0 Å². The number of aliphatic hydroxyl groups is 1. The van der Waals surface area contributed by atoms with Gasteiger partial charge in [0.15, 0.2) is 5.96 Å². The fraction of sp³-hybridized carbons (Fsp3) is 0.417. The number of hydrogen-bond donors (Lipinski definition) is 3. The second-order valence-electron chi connectivity index (χ2n) is 7.89. The highest BCUT2D eigenvalue weighted by atomic mass is 16.3. The van der Waals surface area contributed by atoms with Gasteiger partial charge in [0.1, 0.15) is 12.1 Å². The van der Waals surface area contributed by atoms with Crippen molar-refractivity contribution in [3.63, 3.8) is 0 Å². The lowest BCUT2D eigenvalue weighted by Gasteiger charge is -2.36. The van der Waals surface area contributed by atoms with Crippen molar-refractivity contribution in [1.82, 2.24) is 15.5 Å². The van der Waals surface area contributed by atoms with Gasteiger partial charge in [0.05, 0.1) is 6.54 Å². The van der Waals surface area contributed by atoms with Crippen molar-refractivity contribution < 1.29 is 9.90 Å². The van der Waals surface area contributed by atoms with E-state index in [1.54, 1.807) is 6.92 Å². The molecule has 2 aromatic rings. The maximum Gasteiger partial charge on any atom is 0.244 e. The zero-order chi connectivity index (χ0) is 22.1. The van der Waals surface area contributed by atoms with Gasteiger partial charge in [0.25, 0.3) is 0 Å². The zero-order valence-electron chi connectivity index (χ0n) is 18.4. The van der Waals surface area contributed by atoms with Gasteiger partial charge in [-0.3, -0.25) is 4.79 Å². The van der Waals surface area contributed by atoms with Gasteiger partial charge in [0, 0.05) is 38.4 Å². The van der Waals surface area contributed by atoms with Gasteiger partial charge in [-0.15, -0.1) is 0 Å². The number of hydrogen-bond acceptors (Lipinski definition) is 4. The molecule has 0 aliphatic carbocycles. The van der Waals surface area contributed by atoms with Crippen molar-refractivity contribution in [1.29, 1.82) is 0 Å². The van der Waals surface area contributed by atoms with E-state index in [2.05, 4.69) is 32.7 Å². The first kappa shape index (κ1) is 22.6. The fourth-order valence-corrected chi connectivity index (χ4v) is 3.60. The van der Waals surface area contributed by atoms with Crippen LogP contribution >= 0.6 is 0 Å². The number of aliphatic imine (C=N–C) groups is 1. The molecule has 1 heterocycles. The zero-order valence-corrected chi connectivity index (χ0v) is 18.4. The molecule has 1 aliphatic rings. The number of amides is 1. The Morgan fingerprint density at radius 3 is 2.23 bits per heavy atom. The summed E-state index contributed by atoms with van der Waals surface area (Å²) >= 11 is 0. The minimum Gasteiger partial charge on any atom is -0.384 e.